The Morgan fingerprint density at radius 1 is 1.13 bits per heavy atom. The molecule has 0 heterocycles. The number of hydrogen-bond acceptors (Lipinski definition) is 4. The molecule has 0 aromatic rings. The summed E-state index contributed by atoms with van der Waals surface area (Å²) in [6.45, 7) is 4.64. The lowest BCUT2D eigenvalue weighted by Crippen LogP contribution is -2.50. The molecule has 0 spiro atoms. The quantitative estimate of drug-likeness (QED) is 0.425. The van der Waals surface area contributed by atoms with Crippen LogP contribution in [0.25, 0.3) is 0 Å². The Kier molecular flexibility index (Phi) is 3.44. The Hall–Kier alpha value is -1.19. The van der Waals surface area contributed by atoms with Gasteiger partial charge in [0.15, 0.2) is 5.34 Å². The first-order valence-corrected chi connectivity index (χ1v) is 9.20. The van der Waals surface area contributed by atoms with Gasteiger partial charge in [0.25, 0.3) is 0 Å². The topological polar surface area (TPSA) is 55.7 Å². The van der Waals surface area contributed by atoms with Crippen LogP contribution < -0.4 is 0 Å². The number of rotatable bonds is 2. The molecular formula is C19H27NO3. The maximum absolute atomic E-state index is 12.4. The van der Waals surface area contributed by atoms with Crippen LogP contribution in [0.1, 0.15) is 65.2 Å². The molecule has 0 aromatic heterocycles. The fourth-order valence-electron chi connectivity index (χ4n) is 6.55. The first kappa shape index (κ1) is 15.3. The molecule has 0 saturated heterocycles. The van der Waals surface area contributed by atoms with E-state index in [0.29, 0.717) is 23.5 Å². The highest BCUT2D eigenvalue weighted by atomic mass is 16.7. The van der Waals surface area contributed by atoms with Crippen LogP contribution in [0.2, 0.25) is 0 Å². The fraction of sp³-hybridized carbons (Fsp3) is 0.842. The van der Waals surface area contributed by atoms with Crippen molar-refractivity contribution in [2.45, 2.75) is 71.3 Å². The summed E-state index contributed by atoms with van der Waals surface area (Å²) in [6, 6.07) is 0. The van der Waals surface area contributed by atoms with Gasteiger partial charge in [-0.05, 0) is 61.7 Å². The van der Waals surface area contributed by atoms with Gasteiger partial charge in [-0.25, -0.2) is 0 Å². The molecule has 3 saturated carbocycles. The Bertz CT molecular complexity index is 571. The second-order valence-electron chi connectivity index (χ2n) is 8.72. The van der Waals surface area contributed by atoms with Crippen molar-refractivity contribution >= 4 is 5.78 Å². The highest BCUT2D eigenvalue weighted by Gasteiger charge is 2.58. The molecule has 4 aliphatic carbocycles. The molecule has 126 valence electrons. The first-order chi connectivity index (χ1) is 11.0. The average molecular weight is 317 g/mol. The van der Waals surface area contributed by atoms with Gasteiger partial charge in [-0.2, -0.15) is 0 Å². The number of carbonyl (C=O) groups excluding carboxylic acids is 1. The summed E-state index contributed by atoms with van der Waals surface area (Å²) in [4.78, 5) is 27.8. The van der Waals surface area contributed by atoms with E-state index >= 15 is 0 Å². The molecule has 0 aliphatic heterocycles. The Morgan fingerprint density at radius 3 is 2.65 bits per heavy atom. The summed E-state index contributed by atoms with van der Waals surface area (Å²) >= 11 is 0. The zero-order valence-corrected chi connectivity index (χ0v) is 14.2. The zero-order chi connectivity index (χ0) is 16.2. The predicted molar refractivity (Wildman–Crippen MR) is 87.4 cm³/mol. The van der Waals surface area contributed by atoms with Crippen LogP contribution in [0.5, 0.6) is 0 Å². The van der Waals surface area contributed by atoms with E-state index < -0.39 is 0 Å². The molecule has 6 unspecified atom stereocenters. The molecule has 4 heteroatoms. The molecule has 0 amide bonds. The van der Waals surface area contributed by atoms with Gasteiger partial charge in [0.2, 0.25) is 0 Å². The highest BCUT2D eigenvalue weighted by Crippen LogP contribution is 2.64. The minimum Gasteiger partial charge on any atom is -0.360 e. The zero-order valence-electron chi connectivity index (χ0n) is 14.2. The minimum absolute atomic E-state index is 0.0368. The van der Waals surface area contributed by atoms with E-state index in [0.717, 1.165) is 44.9 Å². The van der Waals surface area contributed by atoms with Gasteiger partial charge in [-0.3, -0.25) is 4.79 Å². The highest BCUT2D eigenvalue weighted by molar-refractivity contribution is 5.87. The maximum atomic E-state index is 12.4. The monoisotopic (exact) mass is 317 g/mol. The van der Waals surface area contributed by atoms with Crippen LogP contribution in [0.15, 0.2) is 17.0 Å². The maximum Gasteiger partial charge on any atom is 0.155 e. The fourth-order valence-corrected chi connectivity index (χ4v) is 6.55. The Labute approximate surface area is 138 Å². The molecule has 4 aliphatic rings. The van der Waals surface area contributed by atoms with Gasteiger partial charge >= 0.3 is 0 Å². The summed E-state index contributed by atoms with van der Waals surface area (Å²) in [5.41, 5.74) is 1.66. The molecule has 4 rings (SSSR count). The average Bonchev–Trinajstić information content (AvgIpc) is 2.84. The van der Waals surface area contributed by atoms with Crippen LogP contribution in [0.3, 0.4) is 0 Å². The van der Waals surface area contributed by atoms with Crippen molar-refractivity contribution in [3.8, 4) is 0 Å². The number of ketones is 1. The van der Waals surface area contributed by atoms with E-state index in [1.54, 1.807) is 0 Å². The van der Waals surface area contributed by atoms with Gasteiger partial charge < -0.3 is 4.84 Å². The van der Waals surface area contributed by atoms with Gasteiger partial charge in [-0.15, -0.1) is 4.91 Å². The van der Waals surface area contributed by atoms with E-state index in [-0.39, 0.29) is 16.9 Å². The van der Waals surface area contributed by atoms with Gasteiger partial charge in [-0.1, -0.05) is 25.5 Å². The second kappa shape index (κ2) is 5.15. The number of carbonyl (C=O) groups is 1. The summed E-state index contributed by atoms with van der Waals surface area (Å²) in [6.07, 6.45) is 10.5. The van der Waals surface area contributed by atoms with E-state index in [4.69, 9.17) is 4.84 Å². The number of fused-ring (bicyclic) bond motifs is 5. The van der Waals surface area contributed by atoms with Crippen LogP contribution in [-0.2, 0) is 9.63 Å². The lowest BCUT2D eigenvalue weighted by Gasteiger charge is -2.56. The minimum atomic E-state index is -0.0510. The van der Waals surface area contributed by atoms with Crippen molar-refractivity contribution in [3.63, 3.8) is 0 Å². The molecule has 23 heavy (non-hydrogen) atoms. The predicted octanol–water partition coefficient (Wildman–Crippen LogP) is 4.58. The SMILES string of the molecule is CC12CCC3C(CC=C4CC(ON=O)CCC43C)C1CCC2=O. The van der Waals surface area contributed by atoms with Crippen LogP contribution in [0, 0.1) is 33.5 Å². The largest absolute Gasteiger partial charge is 0.360 e. The third-order valence-corrected chi connectivity index (χ3v) is 7.96. The molecule has 4 nitrogen and oxygen atoms in total. The molecule has 3 fully saturated rings. The standard InChI is InChI=1S/C19H27NO3/c1-18-9-7-13(23-20-22)11-12(18)3-4-14-15-5-6-17(21)19(15,2)10-8-16(14)18/h3,13-16H,4-11H2,1-2H3. The van der Waals surface area contributed by atoms with E-state index in [2.05, 4.69) is 25.3 Å². The Balaban J connectivity index is 1.63. The van der Waals surface area contributed by atoms with Crippen molar-refractivity contribution in [3.05, 3.63) is 16.6 Å². The van der Waals surface area contributed by atoms with Crippen LogP contribution in [-0.4, -0.2) is 11.9 Å². The van der Waals surface area contributed by atoms with Gasteiger partial charge in [0, 0.05) is 18.3 Å². The number of allylic oxidation sites excluding steroid dienone is 1. The summed E-state index contributed by atoms with van der Waals surface area (Å²) < 4.78 is 0. The third-order valence-electron chi connectivity index (χ3n) is 7.96. The molecule has 0 aromatic carbocycles. The van der Waals surface area contributed by atoms with Crippen molar-refractivity contribution in [2.24, 2.45) is 33.9 Å². The molecular weight excluding hydrogens is 290 g/mol. The summed E-state index contributed by atoms with van der Waals surface area (Å²) in [5, 5.41) is 2.65. The molecule has 0 radical (unpaired) electrons. The third kappa shape index (κ3) is 2.06. The number of Topliss-reactive ketones (excluding diaryl/α,β-unsaturated/α-hetero) is 1. The van der Waals surface area contributed by atoms with Gasteiger partial charge in [0.05, 0.1) is 0 Å². The molecule has 0 bridgehead atoms. The van der Waals surface area contributed by atoms with Crippen molar-refractivity contribution in [2.75, 3.05) is 0 Å². The second-order valence-corrected chi connectivity index (χ2v) is 8.72. The Morgan fingerprint density at radius 2 is 1.87 bits per heavy atom. The number of nitrogens with zero attached hydrogens (tertiary/aromatic N) is 1. The van der Waals surface area contributed by atoms with Crippen LogP contribution in [0.4, 0.5) is 0 Å². The number of hydrogen-bond donors (Lipinski definition) is 0. The first-order valence-electron chi connectivity index (χ1n) is 9.20. The summed E-state index contributed by atoms with van der Waals surface area (Å²) in [5.74, 6) is 2.44. The lowest BCUT2D eigenvalue weighted by molar-refractivity contribution is -0.132. The summed E-state index contributed by atoms with van der Waals surface area (Å²) in [7, 11) is 0. The smallest absolute Gasteiger partial charge is 0.155 e. The van der Waals surface area contributed by atoms with Gasteiger partial charge in [0.1, 0.15) is 11.9 Å². The normalized spacial score (nSPS) is 48.8. The van der Waals surface area contributed by atoms with Crippen LogP contribution >= 0.6 is 0 Å². The van der Waals surface area contributed by atoms with E-state index in [1.807, 2.05) is 0 Å². The van der Waals surface area contributed by atoms with Crippen molar-refractivity contribution in [1.82, 2.24) is 0 Å². The molecule has 0 N–H and O–H groups in total. The van der Waals surface area contributed by atoms with Crippen molar-refractivity contribution < 1.29 is 9.63 Å². The van der Waals surface area contributed by atoms with E-state index in [1.165, 1.54) is 12.0 Å². The lowest BCUT2D eigenvalue weighted by atomic mass is 9.48. The van der Waals surface area contributed by atoms with E-state index in [9.17, 15) is 9.70 Å². The van der Waals surface area contributed by atoms with Crippen molar-refractivity contribution in [1.29, 1.82) is 0 Å². The molecule has 6 atom stereocenters.